The minimum Gasteiger partial charge on any atom is -0.465 e. The van der Waals surface area contributed by atoms with Gasteiger partial charge in [-0.1, -0.05) is 286 Å². The maximum absolute atomic E-state index is 12.6. The molecule has 0 fully saturated rings. The number of carbonyl (C=O) groups is 5. The SMILES string of the molecule is CCCCCCCCCCCCC(=O)CCCCCCCCC(=O)OCC(CCCC)CCCCCC.CCCCCCCCCCCCC(CCCCCCCCC(=O)OCC(CCCC)CCCCCC)OC(=O)Oc1ccc([N+](=O)[O-])cc1.O=C(Cl)Oc1ccc([N+](=O)[O-])cc1. The second kappa shape index (κ2) is 69.9. The standard InChI is InChI=1S/C41H71NO7.C34H66O3.C7H4ClNO4/c1-4-7-10-12-13-14-15-16-19-23-28-38(48-41(44)49-39-33-31-37(32-34-39)42(45)46)29-24-20-17-18-21-25-30-40(43)47-35-36(26-9-6-3)27-22-11-8-5-2;1-4-7-10-12-13-14-15-16-19-23-28-33(35)29-24-20-17-18-21-25-30-34(36)37-31-32(26-9-6-3)27-22-11-8-5-2;8-7(10)13-6-3-1-5(2-4-6)9(11)12/h31-34,36,38H,4-30,35H2,1-3H3;32H,4-31H2,1-3H3;1-4H. The van der Waals surface area contributed by atoms with Crippen molar-refractivity contribution in [3.05, 3.63) is 68.8 Å². The van der Waals surface area contributed by atoms with Crippen molar-refractivity contribution in [3.8, 4) is 11.5 Å². The fraction of sp³-hybridized carbons (Fsp3) is 0.793. The molecule has 570 valence electrons. The number of hydrogen-bond donors (Lipinski definition) is 0. The average molecular weight is 1410 g/mol. The van der Waals surface area contributed by atoms with Crippen molar-refractivity contribution < 1.29 is 57.5 Å². The van der Waals surface area contributed by atoms with E-state index in [4.69, 9.17) is 30.5 Å². The summed E-state index contributed by atoms with van der Waals surface area (Å²) < 4.78 is 26.8. The summed E-state index contributed by atoms with van der Waals surface area (Å²) in [5.41, 5.74) is -1.11. The molecule has 16 nitrogen and oxygen atoms in total. The lowest BCUT2D eigenvalue weighted by Gasteiger charge is -2.18. The van der Waals surface area contributed by atoms with Crippen LogP contribution in [0.1, 0.15) is 388 Å². The molecule has 2 aromatic rings. The molecule has 0 aliphatic heterocycles. The van der Waals surface area contributed by atoms with Gasteiger partial charge in [-0.3, -0.25) is 34.6 Å². The van der Waals surface area contributed by atoms with Crippen molar-refractivity contribution in [2.24, 2.45) is 11.8 Å². The van der Waals surface area contributed by atoms with E-state index in [0.29, 0.717) is 43.7 Å². The van der Waals surface area contributed by atoms with Crippen LogP contribution in [0.4, 0.5) is 21.0 Å². The molecule has 2 aromatic carbocycles. The Morgan fingerprint density at radius 2 is 0.606 bits per heavy atom. The van der Waals surface area contributed by atoms with Gasteiger partial charge in [0.15, 0.2) is 0 Å². The summed E-state index contributed by atoms with van der Waals surface area (Å²) in [6.45, 7) is 14.6. The van der Waals surface area contributed by atoms with E-state index in [0.717, 1.165) is 122 Å². The summed E-state index contributed by atoms with van der Waals surface area (Å²) in [5, 5.41) is 21.1. The van der Waals surface area contributed by atoms with Gasteiger partial charge in [-0.2, -0.15) is 0 Å². The molecule has 0 bridgehead atoms. The topological polar surface area (TPSA) is 218 Å². The van der Waals surface area contributed by atoms with Crippen LogP contribution in [0.5, 0.6) is 11.5 Å². The number of ketones is 1. The van der Waals surface area contributed by atoms with Gasteiger partial charge < -0.3 is 23.7 Å². The van der Waals surface area contributed by atoms with Crippen molar-refractivity contribution in [3.63, 3.8) is 0 Å². The van der Waals surface area contributed by atoms with Gasteiger partial charge in [-0.05, 0) is 113 Å². The van der Waals surface area contributed by atoms with Crippen LogP contribution in [0.2, 0.25) is 0 Å². The van der Waals surface area contributed by atoms with Crippen molar-refractivity contribution in [2.75, 3.05) is 13.2 Å². The van der Waals surface area contributed by atoms with Crippen LogP contribution in [-0.2, 0) is 28.6 Å². The minimum atomic E-state index is -0.978. The molecule has 0 aliphatic rings. The maximum atomic E-state index is 12.6. The molecule has 0 radical (unpaired) electrons. The lowest BCUT2D eigenvalue weighted by Crippen LogP contribution is -2.21. The Balaban J connectivity index is 0.00000168. The smallest absolute Gasteiger partial charge is 0.465 e. The van der Waals surface area contributed by atoms with Crippen molar-refractivity contribution >= 4 is 52.3 Å². The van der Waals surface area contributed by atoms with Crippen LogP contribution in [0.3, 0.4) is 0 Å². The van der Waals surface area contributed by atoms with Crippen LogP contribution in [0.15, 0.2) is 48.5 Å². The first-order chi connectivity index (χ1) is 48.1. The number of nitro groups is 2. The predicted octanol–water partition coefficient (Wildman–Crippen LogP) is 26.9. The Hall–Kier alpha value is -5.12. The molecule has 0 saturated carbocycles. The Kier molecular flexibility index (Phi) is 66.3. The monoisotopic (exact) mass is 1410 g/mol. The second-order valence-electron chi connectivity index (χ2n) is 27.7. The van der Waals surface area contributed by atoms with Gasteiger partial charge in [0, 0.05) is 61.5 Å². The molecule has 0 amide bonds. The number of rotatable bonds is 65. The van der Waals surface area contributed by atoms with E-state index in [1.165, 1.54) is 260 Å². The average Bonchev–Trinajstić information content (AvgIpc) is 1.06. The highest BCUT2D eigenvalue weighted by molar-refractivity contribution is 6.61. The largest absolute Gasteiger partial charge is 0.514 e. The van der Waals surface area contributed by atoms with Gasteiger partial charge >= 0.3 is 23.5 Å². The molecule has 3 atom stereocenters. The normalized spacial score (nSPS) is 11.9. The molecular formula is C82H141ClN2O14. The molecule has 0 spiro atoms. The number of unbranched alkanes of at least 4 members (excludes halogenated alkanes) is 36. The van der Waals surface area contributed by atoms with Crippen LogP contribution >= 0.6 is 11.6 Å². The zero-order valence-corrected chi connectivity index (χ0v) is 64.2. The van der Waals surface area contributed by atoms with E-state index >= 15 is 0 Å². The van der Waals surface area contributed by atoms with Gasteiger partial charge in [0.2, 0.25) is 0 Å². The van der Waals surface area contributed by atoms with Crippen LogP contribution < -0.4 is 9.47 Å². The van der Waals surface area contributed by atoms with Gasteiger partial charge in [0.1, 0.15) is 23.4 Å². The maximum Gasteiger partial charge on any atom is 0.514 e. The van der Waals surface area contributed by atoms with E-state index in [2.05, 4.69) is 46.3 Å². The summed E-state index contributed by atoms with van der Waals surface area (Å²) in [5.74, 6) is 1.86. The quantitative estimate of drug-likeness (QED) is 0.0114. The third-order valence-corrected chi connectivity index (χ3v) is 18.6. The summed E-state index contributed by atoms with van der Waals surface area (Å²) >= 11 is 4.92. The number of non-ortho nitro benzene ring substituents is 2. The zero-order chi connectivity index (χ0) is 72.9. The Bertz CT molecular complexity index is 2250. The number of esters is 2. The number of halogens is 1. The molecule has 99 heavy (non-hydrogen) atoms. The van der Waals surface area contributed by atoms with E-state index in [9.17, 15) is 44.2 Å². The summed E-state index contributed by atoms with van der Waals surface area (Å²) in [6, 6.07) is 10.5. The lowest BCUT2D eigenvalue weighted by molar-refractivity contribution is -0.385. The summed E-state index contributed by atoms with van der Waals surface area (Å²) in [4.78, 5) is 79.5. The van der Waals surface area contributed by atoms with Gasteiger partial charge in [-0.25, -0.2) is 9.59 Å². The van der Waals surface area contributed by atoms with Crippen LogP contribution in [0.25, 0.3) is 0 Å². The third kappa shape index (κ3) is 62.4. The molecule has 0 N–H and O–H groups in total. The van der Waals surface area contributed by atoms with Crippen LogP contribution in [0, 0.1) is 32.1 Å². The fourth-order valence-electron chi connectivity index (χ4n) is 12.2. The Morgan fingerprint density at radius 3 is 0.919 bits per heavy atom. The van der Waals surface area contributed by atoms with E-state index in [-0.39, 0.29) is 40.9 Å². The highest BCUT2D eigenvalue weighted by Gasteiger charge is 2.19. The van der Waals surface area contributed by atoms with Crippen molar-refractivity contribution in [1.29, 1.82) is 0 Å². The number of Topliss-reactive ketones (excluding diaryl/α,β-unsaturated/α-hetero) is 1. The Labute approximate surface area is 606 Å². The Morgan fingerprint density at radius 1 is 0.343 bits per heavy atom. The van der Waals surface area contributed by atoms with E-state index < -0.39 is 21.4 Å². The molecule has 2 rings (SSSR count). The molecule has 17 heteroatoms. The van der Waals surface area contributed by atoms with Crippen molar-refractivity contribution in [1.82, 2.24) is 0 Å². The minimum absolute atomic E-state index is 0.00683. The highest BCUT2D eigenvalue weighted by atomic mass is 35.5. The predicted molar refractivity (Wildman–Crippen MR) is 406 cm³/mol. The lowest BCUT2D eigenvalue weighted by atomic mass is 9.96. The fourth-order valence-corrected chi connectivity index (χ4v) is 12.3. The first-order valence-electron chi connectivity index (χ1n) is 40.2. The number of nitrogens with zero attached hydrogens (tertiary/aromatic N) is 2. The molecule has 3 unspecified atom stereocenters. The van der Waals surface area contributed by atoms with E-state index in [1.54, 1.807) is 0 Å². The number of carbonyl (C=O) groups excluding carboxylic acids is 5. The second-order valence-corrected chi connectivity index (χ2v) is 28.0. The molecule has 0 aliphatic carbocycles. The molecule has 0 aromatic heterocycles. The van der Waals surface area contributed by atoms with Gasteiger partial charge in [0.05, 0.1) is 23.1 Å². The summed E-state index contributed by atoms with van der Waals surface area (Å²) in [6.07, 6.45) is 61.4. The van der Waals surface area contributed by atoms with Crippen molar-refractivity contribution in [2.45, 2.75) is 394 Å². The van der Waals surface area contributed by atoms with Gasteiger partial charge in [-0.15, -0.1) is 0 Å². The van der Waals surface area contributed by atoms with E-state index in [1.807, 2.05) is 0 Å². The number of nitro benzene ring substituents is 2. The first kappa shape index (κ1) is 93.9. The van der Waals surface area contributed by atoms with Crippen LogP contribution in [-0.4, -0.2) is 58.5 Å². The first-order valence-corrected chi connectivity index (χ1v) is 40.6. The molecule has 0 saturated heterocycles. The summed E-state index contributed by atoms with van der Waals surface area (Å²) in [7, 11) is 0. The number of ether oxygens (including phenoxy) is 5. The zero-order valence-electron chi connectivity index (χ0n) is 63.4. The molecule has 0 heterocycles. The third-order valence-electron chi connectivity index (χ3n) is 18.5. The highest BCUT2D eigenvalue weighted by Crippen LogP contribution is 2.25. The molecular weight excluding hydrogens is 1270 g/mol. The number of benzene rings is 2. The number of hydrogen-bond acceptors (Lipinski definition) is 14. The van der Waals surface area contributed by atoms with Gasteiger partial charge in [0.25, 0.3) is 11.4 Å².